The van der Waals surface area contributed by atoms with Gasteiger partial charge < -0.3 is 10.2 Å². The van der Waals surface area contributed by atoms with E-state index in [4.69, 9.17) is 0 Å². The monoisotopic (exact) mass is 296 g/mol. The van der Waals surface area contributed by atoms with Gasteiger partial charge in [0.15, 0.2) is 0 Å². The van der Waals surface area contributed by atoms with Crippen LogP contribution in [-0.2, 0) is 11.2 Å². The van der Waals surface area contributed by atoms with Gasteiger partial charge in [-0.05, 0) is 61.8 Å². The molecule has 2 fully saturated rings. The van der Waals surface area contributed by atoms with Crippen molar-refractivity contribution in [3.05, 3.63) is 60.2 Å². The molecule has 0 amide bonds. The fourth-order valence-corrected chi connectivity index (χ4v) is 3.61. The van der Waals surface area contributed by atoms with Gasteiger partial charge in [-0.1, -0.05) is 12.1 Å². The molecule has 2 N–H and O–H groups in total. The summed E-state index contributed by atoms with van der Waals surface area (Å²) in [6, 6.07) is 11.0. The van der Waals surface area contributed by atoms with E-state index < -0.39 is 11.2 Å². The topological polar surface area (TPSA) is 66.2 Å². The fourth-order valence-electron chi connectivity index (χ4n) is 3.61. The molecule has 0 aromatic carbocycles. The predicted octanol–water partition coefficient (Wildman–Crippen LogP) is 2.37. The summed E-state index contributed by atoms with van der Waals surface area (Å²) in [6.45, 7) is 0. The molecular weight excluding hydrogens is 276 g/mol. The van der Waals surface area contributed by atoms with Crippen LogP contribution in [0.15, 0.2) is 48.8 Å². The van der Waals surface area contributed by atoms with E-state index in [1.54, 1.807) is 12.4 Å². The van der Waals surface area contributed by atoms with E-state index in [0.717, 1.165) is 25.7 Å². The van der Waals surface area contributed by atoms with E-state index in [0.29, 0.717) is 11.4 Å². The van der Waals surface area contributed by atoms with Crippen molar-refractivity contribution >= 4 is 0 Å². The Bertz CT molecular complexity index is 596. The smallest absolute Gasteiger partial charge is 0.144 e. The molecule has 0 aliphatic heterocycles. The maximum absolute atomic E-state index is 11.7. The SMILES string of the molecule is O[C@](c1ccccn1)(C1CC1)[C@](O)(c1ccccn1)C1CC1. The summed E-state index contributed by atoms with van der Waals surface area (Å²) in [7, 11) is 0. The van der Waals surface area contributed by atoms with Crippen LogP contribution < -0.4 is 0 Å². The first-order chi connectivity index (χ1) is 10.7. The van der Waals surface area contributed by atoms with Gasteiger partial charge in [0.05, 0.1) is 11.4 Å². The summed E-state index contributed by atoms with van der Waals surface area (Å²) in [5.74, 6) is 0.0741. The summed E-state index contributed by atoms with van der Waals surface area (Å²) < 4.78 is 0. The van der Waals surface area contributed by atoms with Crippen molar-refractivity contribution in [1.82, 2.24) is 9.97 Å². The highest BCUT2D eigenvalue weighted by molar-refractivity contribution is 5.31. The maximum Gasteiger partial charge on any atom is 0.144 e. The third-order valence-corrected chi connectivity index (χ3v) is 5.03. The van der Waals surface area contributed by atoms with Crippen LogP contribution in [0.5, 0.6) is 0 Å². The van der Waals surface area contributed by atoms with Gasteiger partial charge in [-0.15, -0.1) is 0 Å². The van der Waals surface area contributed by atoms with Crippen LogP contribution in [0.3, 0.4) is 0 Å². The van der Waals surface area contributed by atoms with Crippen LogP contribution >= 0.6 is 0 Å². The highest BCUT2D eigenvalue weighted by atomic mass is 16.4. The van der Waals surface area contributed by atoms with Gasteiger partial charge in [0.2, 0.25) is 0 Å². The molecule has 0 saturated heterocycles. The van der Waals surface area contributed by atoms with Gasteiger partial charge in [0, 0.05) is 12.4 Å². The molecule has 2 aliphatic rings. The minimum absolute atomic E-state index is 0.0370. The van der Waals surface area contributed by atoms with Crippen LogP contribution in [-0.4, -0.2) is 20.2 Å². The summed E-state index contributed by atoms with van der Waals surface area (Å²) in [5, 5.41) is 23.3. The summed E-state index contributed by atoms with van der Waals surface area (Å²) in [6.07, 6.45) is 7.00. The Kier molecular flexibility index (Phi) is 3.06. The predicted molar refractivity (Wildman–Crippen MR) is 81.7 cm³/mol. The second kappa shape index (κ2) is 4.86. The summed E-state index contributed by atoms with van der Waals surface area (Å²) in [5.41, 5.74) is -1.64. The van der Waals surface area contributed by atoms with Crippen LogP contribution in [0.1, 0.15) is 37.1 Å². The number of hydrogen-bond acceptors (Lipinski definition) is 4. The lowest BCUT2D eigenvalue weighted by atomic mass is 9.71. The molecule has 114 valence electrons. The number of aromatic nitrogens is 2. The van der Waals surface area contributed by atoms with Gasteiger partial charge in [0.1, 0.15) is 11.2 Å². The average molecular weight is 296 g/mol. The molecule has 2 aromatic rings. The highest BCUT2D eigenvalue weighted by Crippen LogP contribution is 2.61. The minimum Gasteiger partial charge on any atom is -0.380 e. The van der Waals surface area contributed by atoms with Crippen molar-refractivity contribution in [2.24, 2.45) is 11.8 Å². The lowest BCUT2D eigenvalue weighted by molar-refractivity contribution is -0.195. The molecule has 2 heterocycles. The molecule has 2 atom stereocenters. The van der Waals surface area contributed by atoms with E-state index in [-0.39, 0.29) is 11.8 Å². The van der Waals surface area contributed by atoms with Crippen molar-refractivity contribution in [2.75, 3.05) is 0 Å². The molecule has 0 unspecified atom stereocenters. The zero-order valence-corrected chi connectivity index (χ0v) is 12.4. The quantitative estimate of drug-likeness (QED) is 0.889. The molecule has 22 heavy (non-hydrogen) atoms. The number of hydrogen-bond donors (Lipinski definition) is 2. The molecule has 4 rings (SSSR count). The molecular formula is C18H20N2O2. The second-order valence-electron chi connectivity index (χ2n) is 6.51. The highest BCUT2D eigenvalue weighted by Gasteiger charge is 2.66. The van der Waals surface area contributed by atoms with E-state index in [9.17, 15) is 10.2 Å². The van der Waals surface area contributed by atoms with Crippen molar-refractivity contribution in [2.45, 2.75) is 36.9 Å². The Morgan fingerprint density at radius 2 is 1.14 bits per heavy atom. The largest absolute Gasteiger partial charge is 0.380 e. The van der Waals surface area contributed by atoms with Gasteiger partial charge in [0.25, 0.3) is 0 Å². The lowest BCUT2D eigenvalue weighted by Gasteiger charge is -2.43. The van der Waals surface area contributed by atoms with E-state index in [2.05, 4.69) is 9.97 Å². The van der Waals surface area contributed by atoms with Gasteiger partial charge in [-0.3, -0.25) is 9.97 Å². The fraction of sp³-hybridized carbons (Fsp3) is 0.444. The standard InChI is InChI=1S/C18H20N2O2/c21-17(13-7-8-13,15-5-1-3-11-19-15)18(22,14-9-10-14)16-6-2-4-12-20-16/h1-6,11-14,21-22H,7-10H2/t17-,18+. The molecule has 0 radical (unpaired) electrons. The third-order valence-electron chi connectivity index (χ3n) is 5.03. The molecule has 2 aliphatic carbocycles. The van der Waals surface area contributed by atoms with Gasteiger partial charge >= 0.3 is 0 Å². The number of aliphatic hydroxyl groups is 2. The first-order valence-corrected chi connectivity index (χ1v) is 7.95. The first-order valence-electron chi connectivity index (χ1n) is 7.95. The molecule has 2 saturated carbocycles. The van der Waals surface area contributed by atoms with Gasteiger partial charge in [-0.2, -0.15) is 0 Å². The Morgan fingerprint density at radius 1 is 0.727 bits per heavy atom. The number of nitrogens with zero attached hydrogens (tertiary/aromatic N) is 2. The molecule has 4 heteroatoms. The van der Waals surface area contributed by atoms with Crippen LogP contribution in [0.2, 0.25) is 0 Å². The Morgan fingerprint density at radius 3 is 1.41 bits per heavy atom. The average Bonchev–Trinajstić information content (AvgIpc) is 3.46. The van der Waals surface area contributed by atoms with Crippen molar-refractivity contribution < 1.29 is 10.2 Å². The lowest BCUT2D eigenvalue weighted by Crippen LogP contribution is -2.53. The van der Waals surface area contributed by atoms with E-state index in [1.807, 2.05) is 36.4 Å². The molecule has 2 aromatic heterocycles. The van der Waals surface area contributed by atoms with Gasteiger partial charge in [-0.25, -0.2) is 0 Å². The van der Waals surface area contributed by atoms with Crippen molar-refractivity contribution in [3.63, 3.8) is 0 Å². The van der Waals surface area contributed by atoms with Crippen LogP contribution in [0.25, 0.3) is 0 Å². The molecule has 4 nitrogen and oxygen atoms in total. The minimum atomic E-state index is -1.37. The summed E-state index contributed by atoms with van der Waals surface area (Å²) >= 11 is 0. The van der Waals surface area contributed by atoms with E-state index in [1.165, 1.54) is 0 Å². The third kappa shape index (κ3) is 1.91. The van der Waals surface area contributed by atoms with Crippen molar-refractivity contribution in [1.29, 1.82) is 0 Å². The number of rotatable bonds is 5. The van der Waals surface area contributed by atoms with E-state index >= 15 is 0 Å². The van der Waals surface area contributed by atoms with Crippen LogP contribution in [0, 0.1) is 11.8 Å². The first kappa shape index (κ1) is 13.9. The molecule has 0 spiro atoms. The Hall–Kier alpha value is -1.78. The second-order valence-corrected chi connectivity index (χ2v) is 6.51. The normalized spacial score (nSPS) is 23.5. The maximum atomic E-state index is 11.7. The van der Waals surface area contributed by atoms with Crippen molar-refractivity contribution in [3.8, 4) is 0 Å². The Labute approximate surface area is 129 Å². The van der Waals surface area contributed by atoms with Crippen LogP contribution in [0.4, 0.5) is 0 Å². The number of pyridine rings is 2. The Balaban J connectivity index is 1.90. The zero-order valence-electron chi connectivity index (χ0n) is 12.4. The zero-order chi connectivity index (χ0) is 15.2. The molecule has 0 bridgehead atoms. The summed E-state index contributed by atoms with van der Waals surface area (Å²) in [4.78, 5) is 8.75.